The van der Waals surface area contributed by atoms with Crippen LogP contribution in [0.4, 0.5) is 5.95 Å². The van der Waals surface area contributed by atoms with Crippen molar-refractivity contribution in [3.63, 3.8) is 0 Å². The lowest BCUT2D eigenvalue weighted by molar-refractivity contribution is 0.0687. The molecule has 0 amide bonds. The molecule has 0 fully saturated rings. The highest BCUT2D eigenvalue weighted by molar-refractivity contribution is 5.87. The Morgan fingerprint density at radius 2 is 2.15 bits per heavy atom. The van der Waals surface area contributed by atoms with Gasteiger partial charge in [0.2, 0.25) is 5.95 Å². The van der Waals surface area contributed by atoms with Gasteiger partial charge in [0.15, 0.2) is 5.69 Å². The average molecular weight is 358 g/mol. The van der Waals surface area contributed by atoms with Gasteiger partial charge in [0, 0.05) is 55.4 Å². The Morgan fingerprint density at radius 1 is 1.42 bits per heavy atom. The van der Waals surface area contributed by atoms with Gasteiger partial charge in [0.05, 0.1) is 0 Å². The number of anilines is 1. The highest BCUT2D eigenvalue weighted by Crippen LogP contribution is 2.28. The first-order chi connectivity index (χ1) is 12.5. The molecular weight excluding hydrogens is 332 g/mol. The fourth-order valence-corrected chi connectivity index (χ4v) is 3.60. The highest BCUT2D eigenvalue weighted by Gasteiger charge is 2.30. The van der Waals surface area contributed by atoms with Crippen LogP contribution in [0.15, 0.2) is 12.4 Å². The molecule has 1 aliphatic carbocycles. The summed E-state index contributed by atoms with van der Waals surface area (Å²) < 4.78 is 1.89. The zero-order chi connectivity index (χ0) is 18.7. The minimum atomic E-state index is -0.935. The Kier molecular flexibility index (Phi) is 5.51. The summed E-state index contributed by atoms with van der Waals surface area (Å²) in [6.45, 7) is 3.58. The Hall–Kier alpha value is -2.48. The SMILES string of the molecule is CCCn1nc(C(=O)O)c2c1CC[C@H](N(C)Cc1cnc(NC)nc1)C2. The lowest BCUT2D eigenvalue weighted by atomic mass is 9.90. The van der Waals surface area contributed by atoms with E-state index in [9.17, 15) is 9.90 Å². The number of aryl methyl sites for hydroxylation is 1. The maximum atomic E-state index is 11.6. The van der Waals surface area contributed by atoms with Gasteiger partial charge in [-0.05, 0) is 32.7 Å². The maximum absolute atomic E-state index is 11.6. The third-order valence-electron chi connectivity index (χ3n) is 4.94. The number of aromatic nitrogens is 4. The van der Waals surface area contributed by atoms with Crippen molar-refractivity contribution in [2.24, 2.45) is 0 Å². The topological polar surface area (TPSA) is 96.2 Å². The van der Waals surface area contributed by atoms with Crippen LogP contribution in [0, 0.1) is 0 Å². The monoisotopic (exact) mass is 358 g/mol. The van der Waals surface area contributed by atoms with Gasteiger partial charge in [0.25, 0.3) is 0 Å². The third kappa shape index (κ3) is 3.70. The van der Waals surface area contributed by atoms with Gasteiger partial charge >= 0.3 is 5.97 Å². The first-order valence-corrected chi connectivity index (χ1v) is 9.04. The summed E-state index contributed by atoms with van der Waals surface area (Å²) in [5.74, 6) is -0.330. The van der Waals surface area contributed by atoms with Crippen molar-refractivity contribution in [3.05, 3.63) is 34.9 Å². The molecule has 1 aliphatic rings. The fraction of sp³-hybridized carbons (Fsp3) is 0.556. The number of hydrogen-bond acceptors (Lipinski definition) is 6. The highest BCUT2D eigenvalue weighted by atomic mass is 16.4. The maximum Gasteiger partial charge on any atom is 0.356 e. The summed E-state index contributed by atoms with van der Waals surface area (Å²) in [6, 6.07) is 0.281. The van der Waals surface area contributed by atoms with Crippen LogP contribution in [0.2, 0.25) is 0 Å². The number of carbonyl (C=O) groups is 1. The number of nitrogens with one attached hydrogen (secondary N) is 1. The molecule has 0 aromatic carbocycles. The van der Waals surface area contributed by atoms with Gasteiger partial charge in [-0.15, -0.1) is 0 Å². The summed E-state index contributed by atoms with van der Waals surface area (Å²) in [4.78, 5) is 22.4. The molecule has 2 N–H and O–H groups in total. The summed E-state index contributed by atoms with van der Waals surface area (Å²) in [5.41, 5.74) is 3.25. The molecule has 0 unspecified atom stereocenters. The standard InChI is InChI=1S/C18H26N6O2/c1-4-7-24-15-6-5-13(8-14(15)16(22-24)17(25)26)23(3)11-12-9-20-18(19-2)21-10-12/h9-10,13H,4-8,11H2,1-3H3,(H,25,26)(H,19,20,21)/t13-/m0/s1. The van der Waals surface area contributed by atoms with Crippen LogP contribution in [0.3, 0.4) is 0 Å². The van der Waals surface area contributed by atoms with E-state index in [0.29, 0.717) is 12.4 Å². The molecule has 2 aromatic rings. The van der Waals surface area contributed by atoms with Crippen molar-refractivity contribution in [1.82, 2.24) is 24.6 Å². The molecule has 0 saturated carbocycles. The number of carboxylic acid groups (broad SMARTS) is 1. The molecule has 0 saturated heterocycles. The number of nitrogens with zero attached hydrogens (tertiary/aromatic N) is 5. The van der Waals surface area contributed by atoms with Gasteiger partial charge < -0.3 is 10.4 Å². The molecule has 2 aromatic heterocycles. The Bertz CT molecular complexity index is 771. The molecule has 0 bridgehead atoms. The zero-order valence-electron chi connectivity index (χ0n) is 15.6. The lowest BCUT2D eigenvalue weighted by Crippen LogP contribution is -2.36. The second-order valence-corrected chi connectivity index (χ2v) is 6.78. The van der Waals surface area contributed by atoms with Crippen LogP contribution in [-0.4, -0.2) is 55.9 Å². The number of carboxylic acids is 1. The van der Waals surface area contributed by atoms with Crippen molar-refractivity contribution in [1.29, 1.82) is 0 Å². The van der Waals surface area contributed by atoms with E-state index >= 15 is 0 Å². The summed E-state index contributed by atoms with van der Waals surface area (Å²) in [6.07, 6.45) is 7.16. The number of hydrogen-bond donors (Lipinski definition) is 2. The average Bonchev–Trinajstić information content (AvgIpc) is 3.01. The van der Waals surface area contributed by atoms with E-state index in [4.69, 9.17) is 0 Å². The quantitative estimate of drug-likeness (QED) is 0.779. The van der Waals surface area contributed by atoms with Gasteiger partial charge in [-0.2, -0.15) is 5.10 Å². The van der Waals surface area contributed by atoms with Crippen molar-refractivity contribution in [2.45, 2.75) is 51.7 Å². The molecule has 2 heterocycles. The minimum Gasteiger partial charge on any atom is -0.476 e. The van der Waals surface area contributed by atoms with Crippen LogP contribution in [0.5, 0.6) is 0 Å². The molecule has 0 aliphatic heterocycles. The summed E-state index contributed by atoms with van der Waals surface area (Å²) >= 11 is 0. The lowest BCUT2D eigenvalue weighted by Gasteiger charge is -2.31. The molecule has 1 atom stereocenters. The van der Waals surface area contributed by atoms with E-state index in [1.165, 1.54) is 0 Å². The van der Waals surface area contributed by atoms with Crippen LogP contribution >= 0.6 is 0 Å². The molecule has 3 rings (SSSR count). The van der Waals surface area contributed by atoms with Crippen molar-refractivity contribution >= 4 is 11.9 Å². The third-order valence-corrected chi connectivity index (χ3v) is 4.94. The number of aromatic carboxylic acids is 1. The molecule has 0 spiro atoms. The zero-order valence-corrected chi connectivity index (χ0v) is 15.6. The molecule has 0 radical (unpaired) electrons. The van der Waals surface area contributed by atoms with E-state index in [1.807, 2.05) is 17.1 Å². The van der Waals surface area contributed by atoms with Crippen molar-refractivity contribution in [2.75, 3.05) is 19.4 Å². The van der Waals surface area contributed by atoms with E-state index in [-0.39, 0.29) is 11.7 Å². The van der Waals surface area contributed by atoms with Gasteiger partial charge in [-0.25, -0.2) is 14.8 Å². The molecule has 26 heavy (non-hydrogen) atoms. The second-order valence-electron chi connectivity index (χ2n) is 6.78. The van der Waals surface area contributed by atoms with E-state index in [2.05, 4.69) is 39.3 Å². The first kappa shape index (κ1) is 18.3. The van der Waals surface area contributed by atoms with E-state index < -0.39 is 5.97 Å². The normalized spacial score (nSPS) is 16.5. The largest absolute Gasteiger partial charge is 0.476 e. The summed E-state index contributed by atoms with van der Waals surface area (Å²) in [7, 11) is 3.86. The molecule has 8 nitrogen and oxygen atoms in total. The summed E-state index contributed by atoms with van der Waals surface area (Å²) in [5, 5.41) is 16.8. The van der Waals surface area contributed by atoms with Gasteiger partial charge in [-0.1, -0.05) is 6.92 Å². The van der Waals surface area contributed by atoms with Gasteiger partial charge in [0.1, 0.15) is 0 Å². The smallest absolute Gasteiger partial charge is 0.356 e. The Labute approximate surface area is 153 Å². The Morgan fingerprint density at radius 3 is 2.77 bits per heavy atom. The van der Waals surface area contributed by atoms with Crippen molar-refractivity contribution in [3.8, 4) is 0 Å². The number of rotatable bonds is 7. The molecule has 140 valence electrons. The number of fused-ring (bicyclic) bond motifs is 1. The van der Waals surface area contributed by atoms with Crippen LogP contribution in [0.1, 0.15) is 47.1 Å². The van der Waals surface area contributed by atoms with E-state index in [0.717, 1.165) is 49.2 Å². The number of likely N-dealkylation sites (N-methyl/N-ethyl adjacent to an activating group) is 1. The second kappa shape index (κ2) is 7.82. The van der Waals surface area contributed by atoms with Crippen molar-refractivity contribution < 1.29 is 9.90 Å². The van der Waals surface area contributed by atoms with Crippen LogP contribution < -0.4 is 5.32 Å². The van der Waals surface area contributed by atoms with Gasteiger partial charge in [-0.3, -0.25) is 9.58 Å². The van der Waals surface area contributed by atoms with Crippen LogP contribution in [-0.2, 0) is 25.9 Å². The minimum absolute atomic E-state index is 0.216. The molecule has 8 heteroatoms. The predicted molar refractivity (Wildman–Crippen MR) is 98.3 cm³/mol. The van der Waals surface area contributed by atoms with Crippen LogP contribution in [0.25, 0.3) is 0 Å². The first-order valence-electron chi connectivity index (χ1n) is 9.04. The fourth-order valence-electron chi connectivity index (χ4n) is 3.60. The van der Waals surface area contributed by atoms with E-state index in [1.54, 1.807) is 7.05 Å². The Balaban J connectivity index is 1.75. The molecular formula is C18H26N6O2. The predicted octanol–water partition coefficient (Wildman–Crippen LogP) is 1.81.